The summed E-state index contributed by atoms with van der Waals surface area (Å²) in [4.78, 5) is 25.9. The maximum atomic E-state index is 12.4. The smallest absolute Gasteiger partial charge is 0.341 e. The Bertz CT molecular complexity index is 645. The summed E-state index contributed by atoms with van der Waals surface area (Å²) in [7, 11) is 0. The molecule has 0 spiro atoms. The van der Waals surface area contributed by atoms with Gasteiger partial charge in [0.2, 0.25) is 0 Å². The van der Waals surface area contributed by atoms with E-state index in [-0.39, 0.29) is 11.9 Å². The van der Waals surface area contributed by atoms with E-state index in [9.17, 15) is 9.59 Å². The molecule has 132 valence electrons. The number of hydrogen-bond donors (Lipinski definition) is 1. The van der Waals surface area contributed by atoms with Crippen LogP contribution < -0.4 is 5.32 Å². The van der Waals surface area contributed by atoms with Gasteiger partial charge in [0.05, 0.1) is 12.2 Å². The molecule has 1 atom stereocenters. The van der Waals surface area contributed by atoms with Crippen molar-refractivity contribution in [2.45, 2.75) is 59.8 Å². The highest BCUT2D eigenvalue weighted by atomic mass is 32.1. The third-order valence-electron chi connectivity index (χ3n) is 4.56. The van der Waals surface area contributed by atoms with Crippen molar-refractivity contribution in [3.63, 3.8) is 0 Å². The number of allylic oxidation sites excluding steroid dienone is 1. The zero-order valence-electron chi connectivity index (χ0n) is 15.0. The third kappa shape index (κ3) is 4.07. The molecular formula is C19H27NO3S. The molecule has 1 amide bonds. The molecule has 4 nitrogen and oxygen atoms in total. The van der Waals surface area contributed by atoms with Crippen molar-refractivity contribution >= 4 is 28.2 Å². The summed E-state index contributed by atoms with van der Waals surface area (Å²) in [6, 6.07) is 0. The molecule has 2 rings (SSSR count). The van der Waals surface area contributed by atoms with Crippen molar-refractivity contribution in [1.29, 1.82) is 0 Å². The van der Waals surface area contributed by atoms with E-state index in [0.717, 1.165) is 24.8 Å². The molecule has 0 radical (unpaired) electrons. The first kappa shape index (κ1) is 18.7. The summed E-state index contributed by atoms with van der Waals surface area (Å²) >= 11 is 1.54. The molecule has 1 aliphatic rings. The molecule has 0 saturated carbocycles. The van der Waals surface area contributed by atoms with Gasteiger partial charge >= 0.3 is 5.97 Å². The predicted molar refractivity (Wildman–Crippen MR) is 98.8 cm³/mol. The van der Waals surface area contributed by atoms with Crippen LogP contribution in [0.4, 0.5) is 5.00 Å². The molecule has 24 heavy (non-hydrogen) atoms. The second-order valence-corrected chi connectivity index (χ2v) is 7.36. The Kier molecular flexibility index (Phi) is 6.60. The topological polar surface area (TPSA) is 55.4 Å². The van der Waals surface area contributed by atoms with Crippen LogP contribution in [-0.4, -0.2) is 18.5 Å². The van der Waals surface area contributed by atoms with E-state index in [0.29, 0.717) is 28.7 Å². The zero-order chi connectivity index (χ0) is 17.7. The normalized spacial score (nSPS) is 17.3. The zero-order valence-corrected chi connectivity index (χ0v) is 15.8. The first-order valence-electron chi connectivity index (χ1n) is 8.77. The van der Waals surface area contributed by atoms with Gasteiger partial charge in [-0.15, -0.1) is 11.3 Å². The van der Waals surface area contributed by atoms with Gasteiger partial charge in [-0.1, -0.05) is 25.8 Å². The summed E-state index contributed by atoms with van der Waals surface area (Å²) in [5.41, 5.74) is 2.29. The van der Waals surface area contributed by atoms with Crippen LogP contribution in [0.1, 0.15) is 67.8 Å². The third-order valence-corrected chi connectivity index (χ3v) is 5.73. The van der Waals surface area contributed by atoms with Gasteiger partial charge < -0.3 is 10.1 Å². The van der Waals surface area contributed by atoms with Gasteiger partial charge in [0.25, 0.3) is 5.91 Å². The van der Waals surface area contributed by atoms with Gasteiger partial charge in [-0.25, -0.2) is 4.79 Å². The van der Waals surface area contributed by atoms with Crippen molar-refractivity contribution in [2.75, 3.05) is 11.9 Å². The summed E-state index contributed by atoms with van der Waals surface area (Å²) in [6.45, 7) is 7.94. The highest BCUT2D eigenvalue weighted by Crippen LogP contribution is 2.41. The van der Waals surface area contributed by atoms with Crippen LogP contribution in [0.5, 0.6) is 0 Å². The van der Waals surface area contributed by atoms with Crippen LogP contribution in [0.15, 0.2) is 11.6 Å². The molecule has 1 heterocycles. The minimum atomic E-state index is -0.322. The maximum absolute atomic E-state index is 12.4. The fourth-order valence-electron chi connectivity index (χ4n) is 3.15. The first-order valence-corrected chi connectivity index (χ1v) is 9.59. The number of esters is 1. The maximum Gasteiger partial charge on any atom is 0.341 e. The SMILES string of the molecule is C/C=C(\C)C(=O)Nc1sc2c(c1C(=O)OCC)CC[C@H](CCC)C2. The lowest BCUT2D eigenvalue weighted by molar-refractivity contribution is -0.112. The lowest BCUT2D eigenvalue weighted by Gasteiger charge is -2.21. The molecule has 5 heteroatoms. The molecule has 0 aliphatic heterocycles. The average molecular weight is 349 g/mol. The van der Waals surface area contributed by atoms with Crippen LogP contribution in [0.25, 0.3) is 0 Å². The second-order valence-electron chi connectivity index (χ2n) is 6.25. The highest BCUT2D eigenvalue weighted by molar-refractivity contribution is 7.17. The fourth-order valence-corrected chi connectivity index (χ4v) is 4.49. The van der Waals surface area contributed by atoms with Crippen molar-refractivity contribution in [3.05, 3.63) is 27.7 Å². The highest BCUT2D eigenvalue weighted by Gasteiger charge is 2.30. The summed E-state index contributed by atoms with van der Waals surface area (Å²) < 4.78 is 5.24. The van der Waals surface area contributed by atoms with E-state index in [4.69, 9.17) is 4.74 Å². The molecule has 0 fully saturated rings. The summed E-state index contributed by atoms with van der Waals surface area (Å²) in [5.74, 6) is 0.196. The number of hydrogen-bond acceptors (Lipinski definition) is 4. The van der Waals surface area contributed by atoms with E-state index < -0.39 is 0 Å². The second kappa shape index (κ2) is 8.47. The summed E-state index contributed by atoms with van der Waals surface area (Å²) in [5, 5.41) is 3.56. The molecule has 1 aliphatic carbocycles. The number of amides is 1. The minimum absolute atomic E-state index is 0.160. The molecule has 1 aromatic heterocycles. The number of nitrogens with one attached hydrogen (secondary N) is 1. The van der Waals surface area contributed by atoms with Gasteiger partial charge in [0, 0.05) is 10.5 Å². The van der Waals surface area contributed by atoms with E-state index in [2.05, 4.69) is 12.2 Å². The fraction of sp³-hybridized carbons (Fsp3) is 0.579. The number of anilines is 1. The Morgan fingerprint density at radius 3 is 2.75 bits per heavy atom. The van der Waals surface area contributed by atoms with Crippen molar-refractivity contribution in [3.8, 4) is 0 Å². The van der Waals surface area contributed by atoms with Gasteiger partial charge in [-0.2, -0.15) is 0 Å². The monoisotopic (exact) mass is 349 g/mol. The molecule has 0 bridgehead atoms. The van der Waals surface area contributed by atoms with Crippen molar-refractivity contribution in [1.82, 2.24) is 0 Å². The van der Waals surface area contributed by atoms with E-state index >= 15 is 0 Å². The molecule has 1 N–H and O–H groups in total. The Morgan fingerprint density at radius 2 is 2.12 bits per heavy atom. The Morgan fingerprint density at radius 1 is 1.38 bits per heavy atom. The van der Waals surface area contributed by atoms with Gasteiger partial charge in [0.1, 0.15) is 5.00 Å². The van der Waals surface area contributed by atoms with E-state index in [1.807, 2.05) is 6.92 Å². The van der Waals surface area contributed by atoms with Crippen molar-refractivity contribution in [2.24, 2.45) is 5.92 Å². The quantitative estimate of drug-likeness (QED) is 0.596. The van der Waals surface area contributed by atoms with Crippen LogP contribution in [0.2, 0.25) is 0 Å². The number of fused-ring (bicyclic) bond motifs is 1. The number of carbonyl (C=O) groups is 2. The van der Waals surface area contributed by atoms with Crippen LogP contribution in [-0.2, 0) is 22.4 Å². The minimum Gasteiger partial charge on any atom is -0.462 e. The standard InChI is InChI=1S/C19H27NO3S/c1-5-8-13-9-10-14-15(11-13)24-18(16(14)19(22)23-7-3)20-17(21)12(4)6-2/h6,13H,5,7-11H2,1-4H3,(H,20,21)/b12-6+/t13-/m0/s1. The lowest BCUT2D eigenvalue weighted by Crippen LogP contribution is -2.17. The number of carbonyl (C=O) groups excluding carboxylic acids is 2. The number of rotatable bonds is 6. The lowest BCUT2D eigenvalue weighted by atomic mass is 9.84. The first-order chi connectivity index (χ1) is 11.5. The van der Waals surface area contributed by atoms with E-state index in [1.165, 1.54) is 17.7 Å². The van der Waals surface area contributed by atoms with Crippen LogP contribution in [0, 0.1) is 5.92 Å². The Balaban J connectivity index is 2.35. The molecule has 0 saturated heterocycles. The van der Waals surface area contributed by atoms with Gasteiger partial charge in [0.15, 0.2) is 0 Å². The molecular weight excluding hydrogens is 322 g/mol. The Hall–Kier alpha value is -1.62. The largest absolute Gasteiger partial charge is 0.462 e. The molecule has 1 aromatic rings. The summed E-state index contributed by atoms with van der Waals surface area (Å²) in [6.07, 6.45) is 7.16. The van der Waals surface area contributed by atoms with Gasteiger partial charge in [-0.3, -0.25) is 4.79 Å². The van der Waals surface area contributed by atoms with E-state index in [1.54, 1.807) is 31.3 Å². The Labute approximate surface area is 148 Å². The van der Waals surface area contributed by atoms with Gasteiger partial charge in [-0.05, 0) is 51.5 Å². The average Bonchev–Trinajstić information content (AvgIpc) is 2.91. The van der Waals surface area contributed by atoms with Crippen LogP contribution in [0.3, 0.4) is 0 Å². The van der Waals surface area contributed by atoms with Crippen LogP contribution >= 0.6 is 11.3 Å². The molecule has 0 unspecified atom stereocenters. The predicted octanol–water partition coefficient (Wildman–Crippen LogP) is 4.73. The number of ether oxygens (including phenoxy) is 1. The number of thiophene rings is 1. The molecule has 0 aromatic carbocycles. The van der Waals surface area contributed by atoms with Crippen molar-refractivity contribution < 1.29 is 14.3 Å².